The first-order valence-corrected chi connectivity index (χ1v) is 3.05. The fourth-order valence-electron chi connectivity index (χ4n) is 0.862. The van der Waals surface area contributed by atoms with Gasteiger partial charge in [-0.3, -0.25) is 0 Å². The van der Waals surface area contributed by atoms with Crippen LogP contribution in [0.4, 0.5) is 0 Å². The van der Waals surface area contributed by atoms with Gasteiger partial charge in [-0.25, -0.2) is 0 Å². The Labute approximate surface area is 50.9 Å². The molecule has 1 atom stereocenters. The molecule has 0 saturated carbocycles. The van der Waals surface area contributed by atoms with Crippen LogP contribution >= 0.6 is 0 Å². The van der Waals surface area contributed by atoms with E-state index in [1.54, 1.807) is 0 Å². The van der Waals surface area contributed by atoms with Crippen LogP contribution in [0, 0.1) is 6.92 Å². The number of piperazine rings is 1. The lowest BCUT2D eigenvalue weighted by Crippen LogP contribution is -2.47. The van der Waals surface area contributed by atoms with Crippen LogP contribution in [-0.2, 0) is 0 Å². The van der Waals surface area contributed by atoms with Crippen molar-refractivity contribution in [1.29, 1.82) is 0 Å². The highest BCUT2D eigenvalue weighted by Gasteiger charge is 2.11. The van der Waals surface area contributed by atoms with Crippen LogP contribution in [0.2, 0.25) is 0 Å². The van der Waals surface area contributed by atoms with Crippen molar-refractivity contribution in [3.05, 3.63) is 6.92 Å². The van der Waals surface area contributed by atoms with Gasteiger partial charge in [-0.2, -0.15) is 0 Å². The van der Waals surface area contributed by atoms with Crippen LogP contribution in [0.3, 0.4) is 0 Å². The maximum absolute atomic E-state index is 3.94. The van der Waals surface area contributed by atoms with E-state index in [0.717, 1.165) is 19.6 Å². The molecule has 1 N–H and O–H groups in total. The van der Waals surface area contributed by atoms with E-state index >= 15 is 0 Å². The lowest BCUT2D eigenvalue weighted by atomic mass is 10.2. The predicted molar refractivity (Wildman–Crippen MR) is 34.6 cm³/mol. The summed E-state index contributed by atoms with van der Waals surface area (Å²) in [5, 5.41) is 3.26. The number of hydrogen-bond acceptors (Lipinski definition) is 2. The van der Waals surface area contributed by atoms with Gasteiger partial charge in [-0.15, -0.1) is 0 Å². The fourth-order valence-corrected chi connectivity index (χ4v) is 0.862. The van der Waals surface area contributed by atoms with Gasteiger partial charge in [0.15, 0.2) is 0 Å². The Morgan fingerprint density at radius 2 is 2.50 bits per heavy atom. The quantitative estimate of drug-likeness (QED) is 0.465. The molecule has 1 aliphatic heterocycles. The third-order valence-corrected chi connectivity index (χ3v) is 1.64. The van der Waals surface area contributed by atoms with Crippen LogP contribution in [-0.4, -0.2) is 37.6 Å². The summed E-state index contributed by atoms with van der Waals surface area (Å²) < 4.78 is 0. The average Bonchev–Trinajstić information content (AvgIpc) is 1.77. The second-order valence-corrected chi connectivity index (χ2v) is 2.34. The smallest absolute Gasteiger partial charge is 0.0218 e. The summed E-state index contributed by atoms with van der Waals surface area (Å²) in [5.74, 6) is 0. The van der Waals surface area contributed by atoms with Gasteiger partial charge in [0.1, 0.15) is 0 Å². The van der Waals surface area contributed by atoms with Crippen LogP contribution in [0.15, 0.2) is 0 Å². The predicted octanol–water partition coefficient (Wildman–Crippen LogP) is -0.276. The minimum Gasteiger partial charge on any atom is -0.314 e. The zero-order valence-corrected chi connectivity index (χ0v) is 5.35. The summed E-state index contributed by atoms with van der Waals surface area (Å²) in [6.45, 7) is 7.23. The maximum atomic E-state index is 3.94. The SMILES string of the molecule is [CH2]C1CNCCN1C. The topological polar surface area (TPSA) is 15.3 Å². The second kappa shape index (κ2) is 2.46. The molecular weight excluding hydrogens is 100 g/mol. The Morgan fingerprint density at radius 1 is 1.75 bits per heavy atom. The van der Waals surface area contributed by atoms with Gasteiger partial charge in [-0.05, 0) is 14.0 Å². The molecular formula is C6H13N2. The molecule has 47 valence electrons. The zero-order valence-electron chi connectivity index (χ0n) is 5.35. The van der Waals surface area contributed by atoms with E-state index in [4.69, 9.17) is 0 Å². The maximum Gasteiger partial charge on any atom is 0.0218 e. The molecule has 0 aromatic carbocycles. The minimum absolute atomic E-state index is 0.476. The van der Waals surface area contributed by atoms with Gasteiger partial charge < -0.3 is 10.2 Å². The van der Waals surface area contributed by atoms with Gasteiger partial charge in [0.2, 0.25) is 0 Å². The van der Waals surface area contributed by atoms with Crippen LogP contribution in [0.5, 0.6) is 0 Å². The van der Waals surface area contributed by atoms with Crippen molar-refractivity contribution in [2.24, 2.45) is 0 Å². The van der Waals surface area contributed by atoms with Gasteiger partial charge in [-0.1, -0.05) is 0 Å². The van der Waals surface area contributed by atoms with Crippen molar-refractivity contribution in [3.63, 3.8) is 0 Å². The van der Waals surface area contributed by atoms with Crippen molar-refractivity contribution in [1.82, 2.24) is 10.2 Å². The molecule has 1 aliphatic rings. The number of likely N-dealkylation sites (N-methyl/N-ethyl adjacent to an activating group) is 1. The highest BCUT2D eigenvalue weighted by Crippen LogP contribution is 1.95. The number of rotatable bonds is 0. The van der Waals surface area contributed by atoms with Crippen molar-refractivity contribution < 1.29 is 0 Å². The third kappa shape index (κ3) is 1.20. The van der Waals surface area contributed by atoms with E-state index in [9.17, 15) is 0 Å². The van der Waals surface area contributed by atoms with Crippen molar-refractivity contribution in [3.8, 4) is 0 Å². The molecule has 0 spiro atoms. The van der Waals surface area contributed by atoms with Crippen molar-refractivity contribution in [2.75, 3.05) is 26.7 Å². The molecule has 0 aromatic heterocycles. The summed E-state index contributed by atoms with van der Waals surface area (Å²) in [5.41, 5.74) is 0. The molecule has 1 heterocycles. The Kier molecular flexibility index (Phi) is 1.86. The molecule has 0 aliphatic carbocycles. The van der Waals surface area contributed by atoms with Gasteiger partial charge in [0.05, 0.1) is 0 Å². The molecule has 1 unspecified atom stereocenters. The Bertz CT molecular complexity index is 62.9. The molecule has 1 saturated heterocycles. The Hall–Kier alpha value is -0.0800. The Morgan fingerprint density at radius 3 is 2.88 bits per heavy atom. The third-order valence-electron chi connectivity index (χ3n) is 1.64. The van der Waals surface area contributed by atoms with E-state index < -0.39 is 0 Å². The van der Waals surface area contributed by atoms with Crippen LogP contribution in [0.25, 0.3) is 0 Å². The molecule has 0 bridgehead atoms. The lowest BCUT2D eigenvalue weighted by Gasteiger charge is -2.29. The zero-order chi connectivity index (χ0) is 5.98. The standard InChI is InChI=1S/C6H13N2/c1-6-5-7-3-4-8(6)2/h6-7H,1,3-5H2,2H3. The first-order valence-electron chi connectivity index (χ1n) is 3.05. The van der Waals surface area contributed by atoms with Crippen molar-refractivity contribution >= 4 is 0 Å². The minimum atomic E-state index is 0.476. The highest BCUT2D eigenvalue weighted by molar-refractivity contribution is 4.78. The molecule has 0 amide bonds. The van der Waals surface area contributed by atoms with E-state index in [-0.39, 0.29) is 0 Å². The van der Waals surface area contributed by atoms with E-state index in [2.05, 4.69) is 24.2 Å². The normalized spacial score (nSPS) is 33.0. The van der Waals surface area contributed by atoms with Crippen LogP contribution < -0.4 is 5.32 Å². The number of hydrogen-bond donors (Lipinski definition) is 1. The number of nitrogens with one attached hydrogen (secondary N) is 1. The number of nitrogens with zero attached hydrogens (tertiary/aromatic N) is 1. The van der Waals surface area contributed by atoms with Gasteiger partial charge in [0, 0.05) is 25.7 Å². The summed E-state index contributed by atoms with van der Waals surface area (Å²) in [6, 6.07) is 0.476. The summed E-state index contributed by atoms with van der Waals surface area (Å²) in [7, 11) is 2.11. The van der Waals surface area contributed by atoms with Crippen molar-refractivity contribution in [2.45, 2.75) is 6.04 Å². The molecule has 8 heavy (non-hydrogen) atoms. The molecule has 0 aromatic rings. The largest absolute Gasteiger partial charge is 0.314 e. The van der Waals surface area contributed by atoms with Gasteiger partial charge >= 0.3 is 0 Å². The summed E-state index contributed by atoms with van der Waals surface area (Å²) in [6.07, 6.45) is 0. The first kappa shape index (κ1) is 6.05. The Balaban J connectivity index is 2.28. The van der Waals surface area contributed by atoms with Crippen LogP contribution in [0.1, 0.15) is 0 Å². The highest BCUT2D eigenvalue weighted by atomic mass is 15.2. The van der Waals surface area contributed by atoms with E-state index in [1.807, 2.05) is 0 Å². The molecule has 1 rings (SSSR count). The van der Waals surface area contributed by atoms with Gasteiger partial charge in [0.25, 0.3) is 0 Å². The van der Waals surface area contributed by atoms with E-state index in [0.29, 0.717) is 6.04 Å². The first-order chi connectivity index (χ1) is 3.80. The monoisotopic (exact) mass is 113 g/mol. The molecule has 1 radical (unpaired) electrons. The molecule has 2 nitrogen and oxygen atoms in total. The summed E-state index contributed by atoms with van der Waals surface area (Å²) in [4.78, 5) is 2.26. The summed E-state index contributed by atoms with van der Waals surface area (Å²) >= 11 is 0. The fraction of sp³-hybridized carbons (Fsp3) is 0.833. The second-order valence-electron chi connectivity index (χ2n) is 2.34. The molecule has 2 heteroatoms. The molecule has 1 fully saturated rings. The average molecular weight is 113 g/mol. The lowest BCUT2D eigenvalue weighted by molar-refractivity contribution is 0.234. The van der Waals surface area contributed by atoms with E-state index in [1.165, 1.54) is 0 Å².